The molecule has 0 unspecified atom stereocenters. The Morgan fingerprint density at radius 3 is 2.58 bits per heavy atom. The van der Waals surface area contributed by atoms with Crippen molar-refractivity contribution in [3.8, 4) is 0 Å². The number of benzene rings is 1. The maximum absolute atomic E-state index is 12.8. The van der Waals surface area contributed by atoms with Gasteiger partial charge in [0.05, 0.1) is 5.69 Å². The van der Waals surface area contributed by atoms with Crippen LogP contribution in [-0.2, 0) is 4.79 Å². The van der Waals surface area contributed by atoms with Gasteiger partial charge in [0.25, 0.3) is 0 Å². The smallest absolute Gasteiger partial charge is 0.213 e. The van der Waals surface area contributed by atoms with E-state index in [1.165, 1.54) is 13.1 Å². The fourth-order valence-corrected chi connectivity index (χ4v) is 0.824. The van der Waals surface area contributed by atoms with Crippen molar-refractivity contribution < 1.29 is 13.6 Å². The van der Waals surface area contributed by atoms with E-state index in [4.69, 9.17) is 0 Å². The molecule has 1 aromatic carbocycles. The van der Waals surface area contributed by atoms with Gasteiger partial charge in [0, 0.05) is 13.1 Å². The van der Waals surface area contributed by atoms with E-state index in [0.717, 1.165) is 17.0 Å². The summed E-state index contributed by atoms with van der Waals surface area (Å²) in [4.78, 5) is 11.2. The van der Waals surface area contributed by atoms with Crippen LogP contribution in [0.2, 0.25) is 0 Å². The Bertz CT molecular complexity index is 301. The van der Waals surface area contributed by atoms with E-state index in [1.807, 2.05) is 0 Å². The minimum atomic E-state index is -0.746. The van der Waals surface area contributed by atoms with Gasteiger partial charge in [0.2, 0.25) is 6.41 Å². The molecule has 0 aliphatic rings. The van der Waals surface area contributed by atoms with Gasteiger partial charge in [-0.25, -0.2) is 8.78 Å². The van der Waals surface area contributed by atoms with Gasteiger partial charge >= 0.3 is 0 Å². The second-order valence-electron chi connectivity index (χ2n) is 2.31. The Morgan fingerprint density at radius 1 is 1.42 bits per heavy atom. The zero-order chi connectivity index (χ0) is 9.14. The van der Waals surface area contributed by atoms with E-state index in [-0.39, 0.29) is 5.69 Å². The highest BCUT2D eigenvalue weighted by molar-refractivity contribution is 5.74. The van der Waals surface area contributed by atoms with Crippen LogP contribution >= 0.6 is 0 Å². The average Bonchev–Trinajstić information content (AvgIpc) is 2.03. The molecule has 64 valence electrons. The molecule has 4 heteroatoms. The molecule has 0 heterocycles. The summed E-state index contributed by atoms with van der Waals surface area (Å²) in [6, 6.07) is 3.03. The van der Waals surface area contributed by atoms with Crippen LogP contribution in [0.15, 0.2) is 18.2 Å². The van der Waals surface area contributed by atoms with Crippen molar-refractivity contribution in [2.24, 2.45) is 0 Å². The number of anilines is 1. The van der Waals surface area contributed by atoms with Gasteiger partial charge in [-0.05, 0) is 12.1 Å². The number of hydrogen-bond donors (Lipinski definition) is 0. The van der Waals surface area contributed by atoms with Crippen molar-refractivity contribution in [3.63, 3.8) is 0 Å². The number of nitrogens with zero attached hydrogens (tertiary/aromatic N) is 1. The van der Waals surface area contributed by atoms with Crippen LogP contribution < -0.4 is 4.90 Å². The summed E-state index contributed by atoms with van der Waals surface area (Å²) < 4.78 is 25.2. The van der Waals surface area contributed by atoms with Crippen molar-refractivity contribution >= 4 is 12.1 Å². The minimum absolute atomic E-state index is 0.0615. The van der Waals surface area contributed by atoms with E-state index < -0.39 is 11.6 Å². The van der Waals surface area contributed by atoms with E-state index in [0.29, 0.717) is 6.41 Å². The largest absolute Gasteiger partial charge is 0.315 e. The Hall–Kier alpha value is -1.45. The van der Waals surface area contributed by atoms with E-state index >= 15 is 0 Å². The molecule has 0 saturated heterocycles. The van der Waals surface area contributed by atoms with E-state index in [2.05, 4.69) is 0 Å². The standard InChI is InChI=1S/C8H7F2NO/c1-11(5-12)8-3-2-6(9)4-7(8)10/h2-5H,1H3. The van der Waals surface area contributed by atoms with Crippen molar-refractivity contribution in [2.45, 2.75) is 0 Å². The monoisotopic (exact) mass is 171 g/mol. The Labute approximate surface area is 68.4 Å². The summed E-state index contributed by atoms with van der Waals surface area (Å²) in [5.74, 6) is -1.40. The second kappa shape index (κ2) is 3.30. The van der Waals surface area contributed by atoms with Crippen LogP contribution in [0.25, 0.3) is 0 Å². The first-order valence-corrected chi connectivity index (χ1v) is 3.28. The molecule has 1 amide bonds. The van der Waals surface area contributed by atoms with Crippen LogP contribution in [0.1, 0.15) is 0 Å². The fraction of sp³-hybridized carbons (Fsp3) is 0.125. The van der Waals surface area contributed by atoms with Crippen molar-refractivity contribution in [1.29, 1.82) is 0 Å². The molecule has 0 aliphatic carbocycles. The lowest BCUT2D eigenvalue weighted by atomic mass is 10.3. The number of amides is 1. The average molecular weight is 171 g/mol. The first-order valence-electron chi connectivity index (χ1n) is 3.28. The molecule has 1 aromatic rings. The number of carbonyl (C=O) groups excluding carboxylic acids is 1. The van der Waals surface area contributed by atoms with Crippen LogP contribution in [-0.4, -0.2) is 13.5 Å². The minimum Gasteiger partial charge on any atom is -0.315 e. The molecule has 0 atom stereocenters. The lowest BCUT2D eigenvalue weighted by Gasteiger charge is -2.10. The number of carbonyl (C=O) groups is 1. The SMILES string of the molecule is CN(C=O)c1ccc(F)cc1F. The molecule has 1 rings (SSSR count). The molecule has 12 heavy (non-hydrogen) atoms. The summed E-state index contributed by atoms with van der Waals surface area (Å²) in [7, 11) is 1.39. The zero-order valence-electron chi connectivity index (χ0n) is 6.42. The Balaban J connectivity index is 3.09. The van der Waals surface area contributed by atoms with Gasteiger partial charge in [-0.1, -0.05) is 0 Å². The van der Waals surface area contributed by atoms with Crippen molar-refractivity contribution in [2.75, 3.05) is 11.9 Å². The summed E-state index contributed by atoms with van der Waals surface area (Å²) >= 11 is 0. The summed E-state index contributed by atoms with van der Waals surface area (Å²) in [6.45, 7) is 0. The topological polar surface area (TPSA) is 20.3 Å². The molecule has 0 fully saturated rings. The highest BCUT2D eigenvalue weighted by atomic mass is 19.1. The predicted molar refractivity (Wildman–Crippen MR) is 40.8 cm³/mol. The third kappa shape index (κ3) is 1.58. The van der Waals surface area contributed by atoms with Crippen LogP contribution in [0.4, 0.5) is 14.5 Å². The maximum atomic E-state index is 12.8. The van der Waals surface area contributed by atoms with Crippen LogP contribution in [0.5, 0.6) is 0 Å². The third-order valence-corrected chi connectivity index (χ3v) is 1.45. The van der Waals surface area contributed by atoms with Gasteiger partial charge < -0.3 is 4.90 Å². The third-order valence-electron chi connectivity index (χ3n) is 1.45. The number of halogens is 2. The molecule has 0 aromatic heterocycles. The highest BCUT2D eigenvalue weighted by Gasteiger charge is 2.06. The number of hydrogen-bond acceptors (Lipinski definition) is 1. The molecule has 2 nitrogen and oxygen atoms in total. The Morgan fingerprint density at radius 2 is 2.08 bits per heavy atom. The van der Waals surface area contributed by atoms with Gasteiger partial charge in [-0.3, -0.25) is 4.79 Å². The van der Waals surface area contributed by atoms with Crippen molar-refractivity contribution in [1.82, 2.24) is 0 Å². The predicted octanol–water partition coefficient (Wildman–Crippen LogP) is 1.56. The normalized spacial score (nSPS) is 9.58. The van der Waals surface area contributed by atoms with Gasteiger partial charge in [0.1, 0.15) is 11.6 Å². The molecule has 0 spiro atoms. The first kappa shape index (κ1) is 8.64. The molecular weight excluding hydrogens is 164 g/mol. The summed E-state index contributed by atoms with van der Waals surface area (Å²) in [5.41, 5.74) is 0.0615. The molecule has 0 radical (unpaired) electrons. The second-order valence-corrected chi connectivity index (χ2v) is 2.31. The lowest BCUT2D eigenvalue weighted by Crippen LogP contribution is -2.15. The molecule has 0 bridgehead atoms. The maximum Gasteiger partial charge on any atom is 0.213 e. The van der Waals surface area contributed by atoms with E-state index in [9.17, 15) is 13.6 Å². The van der Waals surface area contributed by atoms with E-state index in [1.54, 1.807) is 0 Å². The molecule has 0 aliphatic heterocycles. The van der Waals surface area contributed by atoms with Crippen molar-refractivity contribution in [3.05, 3.63) is 29.8 Å². The quantitative estimate of drug-likeness (QED) is 0.618. The van der Waals surface area contributed by atoms with Crippen LogP contribution in [0, 0.1) is 11.6 Å². The first-order chi connectivity index (χ1) is 5.65. The lowest BCUT2D eigenvalue weighted by molar-refractivity contribution is -0.107. The molecule has 0 N–H and O–H groups in total. The van der Waals surface area contributed by atoms with Crippen LogP contribution in [0.3, 0.4) is 0 Å². The Kier molecular flexibility index (Phi) is 2.38. The summed E-state index contributed by atoms with van der Waals surface area (Å²) in [6.07, 6.45) is 0.455. The zero-order valence-corrected chi connectivity index (χ0v) is 6.42. The summed E-state index contributed by atoms with van der Waals surface area (Å²) in [5, 5.41) is 0. The molecular formula is C8H7F2NO. The van der Waals surface area contributed by atoms with Gasteiger partial charge in [-0.2, -0.15) is 0 Å². The molecule has 0 saturated carbocycles. The van der Waals surface area contributed by atoms with Gasteiger partial charge in [-0.15, -0.1) is 0 Å². The highest BCUT2D eigenvalue weighted by Crippen LogP contribution is 2.17. The van der Waals surface area contributed by atoms with Gasteiger partial charge in [0.15, 0.2) is 0 Å². The number of rotatable bonds is 2. The fourth-order valence-electron chi connectivity index (χ4n) is 0.824.